The first-order valence-corrected chi connectivity index (χ1v) is 9.45. The van der Waals surface area contributed by atoms with Gasteiger partial charge < -0.3 is 14.8 Å². The topological polar surface area (TPSA) is 56.3 Å². The van der Waals surface area contributed by atoms with Gasteiger partial charge in [-0.3, -0.25) is 0 Å². The number of ether oxygens (including phenoxy) is 2. The molecule has 1 N–H and O–H groups in total. The van der Waals surface area contributed by atoms with Gasteiger partial charge in [0.05, 0.1) is 12.6 Å². The number of benzene rings is 2. The maximum Gasteiger partial charge on any atom is 0.137 e. The molecule has 2 aromatic carbocycles. The van der Waals surface area contributed by atoms with Crippen LogP contribution >= 0.6 is 11.6 Å². The first-order chi connectivity index (χ1) is 13.2. The second kappa shape index (κ2) is 7.71. The van der Waals surface area contributed by atoms with E-state index in [9.17, 15) is 0 Å². The third kappa shape index (κ3) is 3.57. The number of para-hydroxylation sites is 1. The minimum Gasteiger partial charge on any atom is -0.496 e. The summed E-state index contributed by atoms with van der Waals surface area (Å²) in [7, 11) is 1.70. The molecular weight excluding hydrogens is 362 g/mol. The molecule has 0 aliphatic carbocycles. The first kappa shape index (κ1) is 18.0. The van der Waals surface area contributed by atoms with Gasteiger partial charge >= 0.3 is 0 Å². The molecule has 0 bridgehead atoms. The molecule has 0 unspecified atom stereocenters. The molecule has 5 nitrogen and oxygen atoms in total. The molecule has 1 fully saturated rings. The van der Waals surface area contributed by atoms with Crippen molar-refractivity contribution >= 4 is 28.3 Å². The molecule has 0 spiro atoms. The number of rotatable bonds is 5. The highest BCUT2D eigenvalue weighted by molar-refractivity contribution is 6.30. The lowest BCUT2D eigenvalue weighted by atomic mass is 9.73. The van der Waals surface area contributed by atoms with Crippen LogP contribution in [0.15, 0.2) is 48.8 Å². The van der Waals surface area contributed by atoms with Gasteiger partial charge in [-0.15, -0.1) is 0 Å². The van der Waals surface area contributed by atoms with E-state index in [4.69, 9.17) is 21.1 Å². The molecule has 6 heteroatoms. The molecule has 3 aromatic rings. The van der Waals surface area contributed by atoms with Crippen molar-refractivity contribution in [1.29, 1.82) is 0 Å². The van der Waals surface area contributed by atoms with Crippen molar-refractivity contribution in [3.8, 4) is 5.75 Å². The van der Waals surface area contributed by atoms with E-state index in [1.165, 1.54) is 0 Å². The molecule has 1 aromatic heterocycles. The maximum absolute atomic E-state index is 6.32. The summed E-state index contributed by atoms with van der Waals surface area (Å²) in [6, 6.07) is 13.8. The van der Waals surface area contributed by atoms with E-state index in [0.29, 0.717) is 24.8 Å². The number of halogens is 1. The normalized spacial score (nSPS) is 16.2. The molecule has 0 radical (unpaired) electrons. The van der Waals surface area contributed by atoms with Crippen LogP contribution < -0.4 is 10.1 Å². The van der Waals surface area contributed by atoms with Crippen LogP contribution in [-0.4, -0.2) is 36.8 Å². The fraction of sp³-hybridized carbons (Fsp3) is 0.333. The molecule has 27 heavy (non-hydrogen) atoms. The van der Waals surface area contributed by atoms with Crippen LogP contribution in [0.5, 0.6) is 5.75 Å². The highest BCUT2D eigenvalue weighted by Gasteiger charge is 2.37. The number of methoxy groups -OCH3 is 1. The Labute approximate surface area is 163 Å². The van der Waals surface area contributed by atoms with Crippen molar-refractivity contribution in [3.05, 3.63) is 59.4 Å². The number of fused-ring (bicyclic) bond motifs is 1. The fourth-order valence-electron chi connectivity index (χ4n) is 3.80. The zero-order valence-corrected chi connectivity index (χ0v) is 16.0. The highest BCUT2D eigenvalue weighted by atomic mass is 35.5. The van der Waals surface area contributed by atoms with E-state index in [-0.39, 0.29) is 5.41 Å². The Morgan fingerprint density at radius 3 is 2.78 bits per heavy atom. The second-order valence-corrected chi connectivity index (χ2v) is 7.27. The summed E-state index contributed by atoms with van der Waals surface area (Å²) in [6.07, 6.45) is 3.38. The van der Waals surface area contributed by atoms with E-state index in [1.54, 1.807) is 13.4 Å². The van der Waals surface area contributed by atoms with E-state index >= 15 is 0 Å². The Bertz CT molecular complexity index is 936. The van der Waals surface area contributed by atoms with Gasteiger partial charge in [0.25, 0.3) is 0 Å². The van der Waals surface area contributed by atoms with Gasteiger partial charge in [-0.2, -0.15) is 0 Å². The van der Waals surface area contributed by atoms with Gasteiger partial charge in [0.15, 0.2) is 0 Å². The standard InChI is InChI=1S/C21H22ClN3O2/c1-26-19-7-6-15(22)12-17(19)21(8-10-27-11-9-21)13-23-20-16-4-2-3-5-18(16)24-14-25-20/h2-7,12,14H,8-11,13H2,1H3,(H,23,24,25). The Kier molecular flexibility index (Phi) is 5.14. The molecule has 1 aliphatic heterocycles. The van der Waals surface area contributed by atoms with Crippen LogP contribution in [0.3, 0.4) is 0 Å². The van der Waals surface area contributed by atoms with Crippen LogP contribution in [-0.2, 0) is 10.2 Å². The molecular formula is C21H22ClN3O2. The van der Waals surface area contributed by atoms with Crippen LogP contribution in [0.4, 0.5) is 5.82 Å². The van der Waals surface area contributed by atoms with Gasteiger partial charge in [-0.05, 0) is 43.2 Å². The Hall–Kier alpha value is -2.37. The predicted octanol–water partition coefficient (Wildman–Crippen LogP) is 4.45. The summed E-state index contributed by atoms with van der Waals surface area (Å²) in [5.74, 6) is 1.70. The third-order valence-electron chi connectivity index (χ3n) is 5.32. The number of hydrogen-bond acceptors (Lipinski definition) is 5. The number of aromatic nitrogens is 2. The average molecular weight is 384 g/mol. The molecule has 1 saturated heterocycles. The Balaban J connectivity index is 1.70. The molecule has 140 valence electrons. The van der Waals surface area contributed by atoms with Gasteiger partial charge in [0.1, 0.15) is 17.9 Å². The maximum atomic E-state index is 6.32. The molecule has 0 amide bonds. The summed E-state index contributed by atoms with van der Waals surface area (Å²) in [4.78, 5) is 8.81. The predicted molar refractivity (Wildman–Crippen MR) is 108 cm³/mol. The van der Waals surface area contributed by atoms with Crippen LogP contribution in [0.1, 0.15) is 18.4 Å². The quantitative estimate of drug-likeness (QED) is 0.705. The van der Waals surface area contributed by atoms with Gasteiger partial charge in [-0.1, -0.05) is 23.7 Å². The number of nitrogens with zero attached hydrogens (tertiary/aromatic N) is 2. The molecule has 0 saturated carbocycles. The van der Waals surface area contributed by atoms with E-state index < -0.39 is 0 Å². The van der Waals surface area contributed by atoms with Crippen LogP contribution in [0.2, 0.25) is 5.02 Å². The lowest BCUT2D eigenvalue weighted by Gasteiger charge is -2.39. The lowest BCUT2D eigenvalue weighted by molar-refractivity contribution is 0.0535. The van der Waals surface area contributed by atoms with E-state index in [1.807, 2.05) is 42.5 Å². The summed E-state index contributed by atoms with van der Waals surface area (Å²) < 4.78 is 11.3. The monoisotopic (exact) mass is 383 g/mol. The van der Waals surface area contributed by atoms with E-state index in [0.717, 1.165) is 40.9 Å². The summed E-state index contributed by atoms with van der Waals surface area (Å²) in [5.41, 5.74) is 1.91. The van der Waals surface area contributed by atoms with Gasteiger partial charge in [0.2, 0.25) is 0 Å². The number of anilines is 1. The van der Waals surface area contributed by atoms with Crippen molar-refractivity contribution in [2.45, 2.75) is 18.3 Å². The van der Waals surface area contributed by atoms with Crippen LogP contribution in [0.25, 0.3) is 10.9 Å². The smallest absolute Gasteiger partial charge is 0.137 e. The third-order valence-corrected chi connectivity index (χ3v) is 5.55. The second-order valence-electron chi connectivity index (χ2n) is 6.83. The molecule has 4 rings (SSSR count). The van der Waals surface area contributed by atoms with Gasteiger partial charge in [0, 0.05) is 41.1 Å². The van der Waals surface area contributed by atoms with E-state index in [2.05, 4.69) is 15.3 Å². The summed E-state index contributed by atoms with van der Waals surface area (Å²) >= 11 is 6.32. The molecule has 2 heterocycles. The Morgan fingerprint density at radius 2 is 1.96 bits per heavy atom. The van der Waals surface area contributed by atoms with Crippen LogP contribution in [0, 0.1) is 0 Å². The lowest BCUT2D eigenvalue weighted by Crippen LogP contribution is -2.40. The SMILES string of the molecule is COc1ccc(Cl)cc1C1(CNc2ncnc3ccccc23)CCOCC1. The van der Waals surface area contributed by atoms with Crippen molar-refractivity contribution in [1.82, 2.24) is 9.97 Å². The first-order valence-electron chi connectivity index (χ1n) is 9.07. The largest absolute Gasteiger partial charge is 0.496 e. The number of nitrogens with one attached hydrogen (secondary N) is 1. The van der Waals surface area contributed by atoms with Crippen molar-refractivity contribution in [2.75, 3.05) is 32.2 Å². The fourth-order valence-corrected chi connectivity index (χ4v) is 3.97. The molecule has 0 atom stereocenters. The van der Waals surface area contributed by atoms with Gasteiger partial charge in [-0.25, -0.2) is 9.97 Å². The summed E-state index contributed by atoms with van der Waals surface area (Å²) in [5, 5.41) is 5.29. The van der Waals surface area contributed by atoms with Crippen molar-refractivity contribution in [3.63, 3.8) is 0 Å². The zero-order chi connectivity index (χ0) is 18.7. The van der Waals surface area contributed by atoms with Crippen molar-refractivity contribution in [2.24, 2.45) is 0 Å². The minimum atomic E-state index is -0.138. The van der Waals surface area contributed by atoms with Crippen molar-refractivity contribution < 1.29 is 9.47 Å². The highest BCUT2D eigenvalue weighted by Crippen LogP contribution is 2.41. The number of hydrogen-bond donors (Lipinski definition) is 1. The zero-order valence-electron chi connectivity index (χ0n) is 15.2. The molecule has 1 aliphatic rings. The average Bonchev–Trinajstić information content (AvgIpc) is 2.73. The Morgan fingerprint density at radius 1 is 1.15 bits per heavy atom. The minimum absolute atomic E-state index is 0.138. The summed E-state index contributed by atoms with van der Waals surface area (Å²) in [6.45, 7) is 2.14.